The number of aliphatic hydroxyl groups excluding tert-OH is 2. The Morgan fingerprint density at radius 2 is 1.69 bits per heavy atom. The summed E-state index contributed by atoms with van der Waals surface area (Å²) in [5.74, 6) is -1.09. The third-order valence-electron chi connectivity index (χ3n) is 7.85. The number of aliphatic hydroxyl groups is 2. The molecule has 4 rings (SSSR count). The van der Waals surface area contributed by atoms with Crippen molar-refractivity contribution < 1.29 is 33.0 Å². The molecule has 2 amide bonds. The number of halogens is 4. The van der Waals surface area contributed by atoms with Crippen LogP contribution in [-0.4, -0.2) is 85.6 Å². The van der Waals surface area contributed by atoms with Gasteiger partial charge in [-0.3, -0.25) is 14.5 Å². The number of rotatable bonds is 15. The summed E-state index contributed by atoms with van der Waals surface area (Å²) in [7, 11) is 0. The number of hydrogen-bond acceptors (Lipinski definition) is 8. The van der Waals surface area contributed by atoms with Crippen LogP contribution in [0.4, 0.5) is 24.5 Å². The summed E-state index contributed by atoms with van der Waals surface area (Å²) >= 11 is 5.70. The van der Waals surface area contributed by atoms with Crippen LogP contribution in [0.3, 0.4) is 0 Å². The van der Waals surface area contributed by atoms with Crippen LogP contribution < -0.4 is 21.0 Å². The Labute approximate surface area is 282 Å². The summed E-state index contributed by atoms with van der Waals surface area (Å²) in [5.41, 5.74) is 3.88. The van der Waals surface area contributed by atoms with E-state index < -0.39 is 28.6 Å². The predicted octanol–water partition coefficient (Wildman–Crippen LogP) is 4.74. The fourth-order valence-electron chi connectivity index (χ4n) is 5.35. The van der Waals surface area contributed by atoms with Crippen molar-refractivity contribution in [2.45, 2.75) is 32.0 Å². The predicted molar refractivity (Wildman–Crippen MR) is 181 cm³/mol. The van der Waals surface area contributed by atoms with Crippen LogP contribution in [0, 0.1) is 0 Å². The van der Waals surface area contributed by atoms with Crippen molar-refractivity contribution >= 4 is 41.0 Å². The van der Waals surface area contributed by atoms with E-state index >= 15 is 0 Å². The number of anilines is 2. The van der Waals surface area contributed by atoms with Crippen molar-refractivity contribution in [1.29, 1.82) is 0 Å². The number of hydrogen-bond donors (Lipinski definition) is 5. The number of nitrogens with one attached hydrogen (secondary N) is 3. The number of amides is 2. The minimum atomic E-state index is -4.65. The van der Waals surface area contributed by atoms with Crippen LogP contribution in [-0.2, 0) is 12.7 Å². The lowest BCUT2D eigenvalue weighted by Crippen LogP contribution is -2.35. The highest BCUT2D eigenvalue weighted by Gasteiger charge is 2.33. The topological polar surface area (TPSA) is 130 Å². The average Bonchev–Trinajstić information content (AvgIpc) is 3.07. The van der Waals surface area contributed by atoms with Gasteiger partial charge in [0.15, 0.2) is 0 Å². The zero-order valence-electron chi connectivity index (χ0n) is 26.4. The molecule has 0 atom stereocenters. The summed E-state index contributed by atoms with van der Waals surface area (Å²) in [6, 6.07) is 15.5. The zero-order chi connectivity index (χ0) is 34.5. The van der Waals surface area contributed by atoms with Gasteiger partial charge in [0.1, 0.15) is 0 Å². The van der Waals surface area contributed by atoms with Gasteiger partial charge in [-0.15, -0.1) is 0 Å². The SMILES string of the molecule is O=C(Nc1ccc(N2CCCCC2)cc1C(=O)NN=Cc1ccc(Cl)c(C(F)(F)F)c1)c1cccc(CNCCN(CCO)CCO)c1. The molecule has 3 aromatic carbocycles. The van der Waals surface area contributed by atoms with Gasteiger partial charge in [0.2, 0.25) is 0 Å². The average molecular weight is 689 g/mol. The van der Waals surface area contributed by atoms with E-state index in [2.05, 4.69) is 26.1 Å². The molecule has 1 saturated heterocycles. The van der Waals surface area contributed by atoms with Crippen LogP contribution in [0.2, 0.25) is 5.02 Å². The van der Waals surface area contributed by atoms with Gasteiger partial charge in [-0.2, -0.15) is 18.3 Å². The molecule has 1 aliphatic heterocycles. The highest BCUT2D eigenvalue weighted by atomic mass is 35.5. The normalized spacial score (nSPS) is 13.7. The lowest BCUT2D eigenvalue weighted by Gasteiger charge is -2.29. The van der Waals surface area contributed by atoms with Gasteiger partial charge in [-0.25, -0.2) is 5.43 Å². The largest absolute Gasteiger partial charge is 0.417 e. The van der Waals surface area contributed by atoms with Crippen molar-refractivity contribution in [3.63, 3.8) is 0 Å². The molecule has 5 N–H and O–H groups in total. The second-order valence-corrected chi connectivity index (χ2v) is 11.7. The van der Waals surface area contributed by atoms with E-state index in [1.165, 1.54) is 6.07 Å². The number of hydrazone groups is 1. The maximum Gasteiger partial charge on any atom is 0.417 e. The fraction of sp³-hybridized carbons (Fsp3) is 0.382. The highest BCUT2D eigenvalue weighted by Crippen LogP contribution is 2.35. The molecule has 1 fully saturated rings. The molecule has 0 radical (unpaired) electrons. The van der Waals surface area contributed by atoms with Crippen molar-refractivity contribution in [2.75, 3.05) is 62.7 Å². The molecule has 0 aliphatic carbocycles. The molecule has 0 unspecified atom stereocenters. The van der Waals surface area contributed by atoms with Gasteiger partial charge in [-0.05, 0) is 72.9 Å². The van der Waals surface area contributed by atoms with E-state index in [-0.39, 0.29) is 30.0 Å². The van der Waals surface area contributed by atoms with Crippen molar-refractivity contribution in [3.8, 4) is 0 Å². The smallest absolute Gasteiger partial charge is 0.395 e. The molecule has 10 nitrogen and oxygen atoms in total. The Morgan fingerprint density at radius 3 is 2.40 bits per heavy atom. The molecule has 0 saturated carbocycles. The van der Waals surface area contributed by atoms with Gasteiger partial charge >= 0.3 is 6.18 Å². The third-order valence-corrected chi connectivity index (χ3v) is 8.18. The third kappa shape index (κ3) is 10.8. The van der Waals surface area contributed by atoms with E-state index in [9.17, 15) is 33.0 Å². The molecular weight excluding hydrogens is 649 g/mol. The lowest BCUT2D eigenvalue weighted by atomic mass is 10.1. The molecule has 14 heteroatoms. The van der Waals surface area contributed by atoms with E-state index in [1.807, 2.05) is 17.0 Å². The van der Waals surface area contributed by atoms with E-state index in [4.69, 9.17) is 11.6 Å². The van der Waals surface area contributed by atoms with Crippen LogP contribution in [0.1, 0.15) is 56.7 Å². The van der Waals surface area contributed by atoms with Gasteiger partial charge < -0.3 is 25.7 Å². The van der Waals surface area contributed by atoms with Crippen molar-refractivity contribution in [1.82, 2.24) is 15.6 Å². The Kier molecular flexibility index (Phi) is 13.8. The number of benzene rings is 3. The first-order valence-electron chi connectivity index (χ1n) is 15.7. The van der Waals surface area contributed by atoms with Gasteiger partial charge in [-0.1, -0.05) is 29.8 Å². The van der Waals surface area contributed by atoms with Crippen LogP contribution in [0.15, 0.2) is 65.8 Å². The molecule has 0 spiro atoms. The summed E-state index contributed by atoms with van der Waals surface area (Å²) in [6.07, 6.45) is -0.411. The Morgan fingerprint density at radius 1 is 0.938 bits per heavy atom. The Hall–Kier alpha value is -4.01. The monoisotopic (exact) mass is 688 g/mol. The van der Waals surface area contributed by atoms with Crippen molar-refractivity contribution in [2.24, 2.45) is 5.10 Å². The molecule has 0 aromatic heterocycles. The maximum absolute atomic E-state index is 13.4. The molecule has 258 valence electrons. The second kappa shape index (κ2) is 17.9. The first kappa shape index (κ1) is 36.8. The Balaban J connectivity index is 1.47. The van der Waals surface area contributed by atoms with E-state index in [0.717, 1.165) is 62.0 Å². The minimum absolute atomic E-state index is 0.00422. The standard InChI is InChI=1S/C34H40ClF3N6O4/c35-30-9-7-25(20-29(30)34(36,37)38)23-40-42-33(48)28-21-27(44-12-2-1-3-13-44)8-10-31(28)41-32(47)26-6-4-5-24(19-26)22-39-11-14-43(15-17-45)16-18-46/h4-10,19-21,23,39,45-46H,1-3,11-18,22H2,(H,41,47)(H,42,48). The Bertz CT molecular complexity index is 1560. The van der Waals surface area contributed by atoms with Gasteiger partial charge in [0, 0.05) is 57.1 Å². The van der Waals surface area contributed by atoms with Gasteiger partial charge in [0.25, 0.3) is 11.8 Å². The summed E-state index contributed by atoms with van der Waals surface area (Å²) in [6.45, 7) is 4.33. The zero-order valence-corrected chi connectivity index (χ0v) is 27.2. The quantitative estimate of drug-likeness (QED) is 0.0887. The first-order valence-corrected chi connectivity index (χ1v) is 16.1. The molecule has 48 heavy (non-hydrogen) atoms. The summed E-state index contributed by atoms with van der Waals surface area (Å²) in [5, 5.41) is 27.9. The number of nitrogens with zero attached hydrogens (tertiary/aromatic N) is 3. The lowest BCUT2D eigenvalue weighted by molar-refractivity contribution is -0.137. The molecule has 3 aromatic rings. The molecular formula is C34H40ClF3N6O4. The number of alkyl halides is 3. The minimum Gasteiger partial charge on any atom is -0.395 e. The molecule has 1 aliphatic rings. The number of piperidine rings is 1. The second-order valence-electron chi connectivity index (χ2n) is 11.3. The number of carbonyl (C=O) groups is 2. The first-order chi connectivity index (χ1) is 23.1. The molecule has 0 bridgehead atoms. The number of carbonyl (C=O) groups excluding carboxylic acids is 2. The fourth-order valence-corrected chi connectivity index (χ4v) is 5.57. The van der Waals surface area contributed by atoms with E-state index in [0.29, 0.717) is 38.3 Å². The summed E-state index contributed by atoms with van der Waals surface area (Å²) in [4.78, 5) is 30.9. The van der Waals surface area contributed by atoms with E-state index in [1.54, 1.807) is 30.3 Å². The summed E-state index contributed by atoms with van der Waals surface area (Å²) < 4.78 is 39.8. The van der Waals surface area contributed by atoms with Crippen LogP contribution in [0.5, 0.6) is 0 Å². The van der Waals surface area contributed by atoms with Crippen LogP contribution >= 0.6 is 11.6 Å². The highest BCUT2D eigenvalue weighted by molar-refractivity contribution is 6.31. The van der Waals surface area contributed by atoms with Crippen LogP contribution in [0.25, 0.3) is 0 Å². The molecule has 1 heterocycles. The van der Waals surface area contributed by atoms with Crippen molar-refractivity contribution in [3.05, 3.63) is 93.5 Å². The maximum atomic E-state index is 13.4. The van der Waals surface area contributed by atoms with Gasteiger partial charge in [0.05, 0.1) is 41.3 Å².